The Morgan fingerprint density at radius 2 is 1.21 bits per heavy atom. The summed E-state index contributed by atoms with van der Waals surface area (Å²) in [6.07, 6.45) is 10.9. The van der Waals surface area contributed by atoms with E-state index in [-0.39, 0.29) is 6.04 Å². The molecule has 33 heavy (non-hydrogen) atoms. The van der Waals surface area contributed by atoms with E-state index >= 15 is 0 Å². The fourth-order valence-corrected chi connectivity index (χ4v) is 5.02. The van der Waals surface area contributed by atoms with Crippen LogP contribution in [0.1, 0.15) is 42.4 Å². The molecule has 2 nitrogen and oxygen atoms in total. The molecule has 1 aliphatic rings. The quantitative estimate of drug-likeness (QED) is 0.327. The third-order valence-corrected chi connectivity index (χ3v) is 6.82. The molecule has 3 aromatic rings. The van der Waals surface area contributed by atoms with E-state index in [1.54, 1.807) is 0 Å². The third-order valence-electron chi connectivity index (χ3n) is 6.82. The maximum absolute atomic E-state index is 6.17. The zero-order valence-electron chi connectivity index (χ0n) is 19.5. The van der Waals surface area contributed by atoms with Gasteiger partial charge in [-0.05, 0) is 54.2 Å². The van der Waals surface area contributed by atoms with E-state index in [4.69, 9.17) is 11.2 Å². The van der Waals surface area contributed by atoms with E-state index in [9.17, 15) is 0 Å². The zero-order chi connectivity index (χ0) is 22.7. The van der Waals surface area contributed by atoms with Gasteiger partial charge >= 0.3 is 0 Å². The van der Waals surface area contributed by atoms with Crippen molar-refractivity contribution >= 4 is 0 Å². The van der Waals surface area contributed by atoms with Crippen molar-refractivity contribution in [1.29, 1.82) is 0 Å². The molecule has 170 valence electrons. The lowest BCUT2D eigenvalue weighted by molar-refractivity contribution is 0.0556. The van der Waals surface area contributed by atoms with Crippen LogP contribution in [-0.4, -0.2) is 17.5 Å². The van der Waals surface area contributed by atoms with Gasteiger partial charge in [0.1, 0.15) is 0 Å². The van der Waals surface area contributed by atoms with Crippen LogP contribution in [0.25, 0.3) is 0 Å². The Bertz CT molecular complexity index is 930. The van der Waals surface area contributed by atoms with Crippen molar-refractivity contribution in [2.45, 2.75) is 51.4 Å². The van der Waals surface area contributed by atoms with Gasteiger partial charge in [-0.2, -0.15) is 0 Å². The van der Waals surface area contributed by atoms with Crippen molar-refractivity contribution < 1.29 is 4.74 Å². The van der Waals surface area contributed by atoms with E-state index in [0.717, 1.165) is 19.7 Å². The van der Waals surface area contributed by atoms with Crippen LogP contribution < -0.4 is 0 Å². The average molecular weight is 438 g/mol. The molecule has 0 aromatic heterocycles. The van der Waals surface area contributed by atoms with Gasteiger partial charge in [0, 0.05) is 19.7 Å². The highest BCUT2D eigenvalue weighted by atomic mass is 16.5. The molecule has 1 atom stereocenters. The second kappa shape index (κ2) is 12.4. The van der Waals surface area contributed by atoms with Crippen molar-refractivity contribution in [3.05, 3.63) is 108 Å². The molecule has 1 fully saturated rings. The van der Waals surface area contributed by atoms with E-state index in [1.165, 1.54) is 42.4 Å². The van der Waals surface area contributed by atoms with Crippen molar-refractivity contribution in [2.75, 3.05) is 6.61 Å². The molecular formula is C31H35NO. The predicted molar refractivity (Wildman–Crippen MR) is 136 cm³/mol. The van der Waals surface area contributed by atoms with Crippen molar-refractivity contribution in [3.63, 3.8) is 0 Å². The normalized spacial score (nSPS) is 19.2. The van der Waals surface area contributed by atoms with Crippen LogP contribution >= 0.6 is 0 Å². The highest BCUT2D eigenvalue weighted by Gasteiger charge is 2.30. The van der Waals surface area contributed by atoms with Crippen LogP contribution in [0.5, 0.6) is 0 Å². The van der Waals surface area contributed by atoms with Crippen molar-refractivity contribution in [1.82, 2.24) is 4.90 Å². The van der Waals surface area contributed by atoms with E-state index in [1.807, 2.05) is 6.07 Å². The highest BCUT2D eigenvalue weighted by Crippen LogP contribution is 2.34. The topological polar surface area (TPSA) is 12.5 Å². The predicted octanol–water partition coefficient (Wildman–Crippen LogP) is 6.71. The molecule has 0 heterocycles. The zero-order valence-corrected chi connectivity index (χ0v) is 19.5. The minimum atomic E-state index is 0.150. The lowest BCUT2D eigenvalue weighted by Crippen LogP contribution is -2.40. The molecule has 4 rings (SSSR count). The fraction of sp³-hybridized carbons (Fsp3) is 0.355. The first-order valence-electron chi connectivity index (χ1n) is 12.2. The molecule has 0 saturated heterocycles. The summed E-state index contributed by atoms with van der Waals surface area (Å²) >= 11 is 0. The Labute approximate surface area is 199 Å². The van der Waals surface area contributed by atoms with Crippen molar-refractivity contribution in [3.8, 4) is 12.3 Å². The number of terminal acetylenes is 1. The second-order valence-electron chi connectivity index (χ2n) is 9.27. The van der Waals surface area contributed by atoms with Gasteiger partial charge in [0.25, 0.3) is 0 Å². The Kier molecular flexibility index (Phi) is 8.76. The summed E-state index contributed by atoms with van der Waals surface area (Å²) in [4.78, 5) is 2.50. The maximum atomic E-state index is 6.17. The number of hydrogen-bond acceptors (Lipinski definition) is 2. The molecule has 0 aliphatic heterocycles. The van der Waals surface area contributed by atoms with Gasteiger partial charge in [0.2, 0.25) is 0 Å². The molecule has 0 amide bonds. The molecule has 2 heteroatoms. The monoisotopic (exact) mass is 437 g/mol. The van der Waals surface area contributed by atoms with Gasteiger partial charge in [0.05, 0.1) is 12.6 Å². The molecule has 1 unspecified atom stereocenters. The molecule has 0 spiro atoms. The Balaban J connectivity index is 1.35. The lowest BCUT2D eigenvalue weighted by Gasteiger charge is -2.38. The number of nitrogens with zero attached hydrogens (tertiary/aromatic N) is 1. The van der Waals surface area contributed by atoms with E-state index in [2.05, 4.69) is 95.7 Å². The smallest absolute Gasteiger partial charge is 0.0746 e. The average Bonchev–Trinajstić information content (AvgIpc) is 2.87. The van der Waals surface area contributed by atoms with Crippen molar-refractivity contribution in [2.24, 2.45) is 11.8 Å². The summed E-state index contributed by atoms with van der Waals surface area (Å²) in [6.45, 7) is 3.31. The molecule has 0 radical (unpaired) electrons. The van der Waals surface area contributed by atoms with Crippen LogP contribution in [0, 0.1) is 24.2 Å². The first-order valence-corrected chi connectivity index (χ1v) is 12.2. The first-order chi connectivity index (χ1) is 16.3. The van der Waals surface area contributed by atoms with Crippen LogP contribution in [-0.2, 0) is 24.4 Å². The Morgan fingerprint density at radius 3 is 1.70 bits per heavy atom. The number of rotatable bonds is 10. The van der Waals surface area contributed by atoms with Gasteiger partial charge < -0.3 is 4.74 Å². The van der Waals surface area contributed by atoms with Crippen LogP contribution in [0.15, 0.2) is 91.0 Å². The molecule has 1 aliphatic carbocycles. The summed E-state index contributed by atoms with van der Waals surface area (Å²) in [5.74, 6) is 4.36. The largest absolute Gasteiger partial charge is 0.376 e. The molecule has 0 N–H and O–H groups in total. The van der Waals surface area contributed by atoms with E-state index < -0.39 is 0 Å². The van der Waals surface area contributed by atoms with Gasteiger partial charge in [0.15, 0.2) is 0 Å². The molecular weight excluding hydrogens is 402 g/mol. The van der Waals surface area contributed by atoms with Gasteiger partial charge in [-0.1, -0.05) is 96.9 Å². The molecule has 1 saturated carbocycles. The highest BCUT2D eigenvalue weighted by molar-refractivity contribution is 5.19. The molecule has 3 aromatic carbocycles. The van der Waals surface area contributed by atoms with Gasteiger partial charge in [-0.15, -0.1) is 6.42 Å². The summed E-state index contributed by atoms with van der Waals surface area (Å²) in [7, 11) is 0. The summed E-state index contributed by atoms with van der Waals surface area (Å²) < 4.78 is 6.04. The summed E-state index contributed by atoms with van der Waals surface area (Å²) in [6, 6.07) is 32.0. The Hall–Kier alpha value is -2.86. The SMILES string of the molecule is C#CC(C1CCC(COCc2ccccc2)CC1)N(Cc1ccccc1)Cc1ccccc1. The second-order valence-corrected chi connectivity index (χ2v) is 9.27. The minimum absolute atomic E-state index is 0.150. The Morgan fingerprint density at radius 1 is 0.727 bits per heavy atom. The van der Waals surface area contributed by atoms with Gasteiger partial charge in [-0.3, -0.25) is 4.90 Å². The standard InChI is InChI=1S/C31H35NO/c1-2-31(30-20-18-29(19-21-30)25-33-24-28-16-10-5-11-17-28)32(22-26-12-6-3-7-13-26)23-27-14-8-4-9-15-27/h1,3-17,29-31H,18-25H2. The minimum Gasteiger partial charge on any atom is -0.376 e. The summed E-state index contributed by atoms with van der Waals surface area (Å²) in [5.41, 5.74) is 3.88. The third kappa shape index (κ3) is 7.06. The summed E-state index contributed by atoms with van der Waals surface area (Å²) in [5, 5.41) is 0. The van der Waals surface area contributed by atoms with Gasteiger partial charge in [-0.25, -0.2) is 0 Å². The lowest BCUT2D eigenvalue weighted by atomic mass is 9.78. The fourth-order valence-electron chi connectivity index (χ4n) is 5.02. The first kappa shape index (κ1) is 23.3. The molecule has 0 bridgehead atoms. The number of hydrogen-bond donors (Lipinski definition) is 0. The van der Waals surface area contributed by atoms with Crippen LogP contribution in [0.4, 0.5) is 0 Å². The van der Waals surface area contributed by atoms with E-state index in [0.29, 0.717) is 18.4 Å². The van der Waals surface area contributed by atoms with Crippen LogP contribution in [0.3, 0.4) is 0 Å². The number of benzene rings is 3. The number of ether oxygens (including phenoxy) is 1. The maximum Gasteiger partial charge on any atom is 0.0746 e. The van der Waals surface area contributed by atoms with Crippen LogP contribution in [0.2, 0.25) is 0 Å².